The molecule has 0 atom stereocenters. The average Bonchev–Trinajstić information content (AvgIpc) is 2.41. The van der Waals surface area contributed by atoms with Crippen LogP contribution in [0.15, 0.2) is 41.3 Å². The van der Waals surface area contributed by atoms with Crippen molar-refractivity contribution in [2.24, 2.45) is 0 Å². The highest BCUT2D eigenvalue weighted by molar-refractivity contribution is 7.99. The summed E-state index contributed by atoms with van der Waals surface area (Å²) in [5.74, 6) is 1.44. The molecular weight excluding hydrogens is 285 g/mol. The third kappa shape index (κ3) is 4.97. The van der Waals surface area contributed by atoms with E-state index in [0.29, 0.717) is 6.61 Å². The van der Waals surface area contributed by atoms with Gasteiger partial charge >= 0.3 is 0 Å². The van der Waals surface area contributed by atoms with Gasteiger partial charge in [0.1, 0.15) is 11.6 Å². The molecule has 2 rings (SSSR count). The normalized spacial score (nSPS) is 10.6. The van der Waals surface area contributed by atoms with Crippen LogP contribution < -0.4 is 10.5 Å². The summed E-state index contributed by atoms with van der Waals surface area (Å²) < 4.78 is 19.0. The molecule has 0 amide bonds. The van der Waals surface area contributed by atoms with Gasteiger partial charge in [0.25, 0.3) is 0 Å². The van der Waals surface area contributed by atoms with Crippen molar-refractivity contribution in [3.63, 3.8) is 0 Å². The summed E-state index contributed by atoms with van der Waals surface area (Å²) in [4.78, 5) is 0.896. The summed E-state index contributed by atoms with van der Waals surface area (Å²) >= 11 is 1.61. The number of aryl methyl sites for hydroxylation is 2. The topological polar surface area (TPSA) is 35.2 Å². The molecule has 21 heavy (non-hydrogen) atoms. The van der Waals surface area contributed by atoms with Crippen molar-refractivity contribution in [1.29, 1.82) is 0 Å². The van der Waals surface area contributed by atoms with E-state index in [1.807, 2.05) is 18.2 Å². The molecule has 0 radical (unpaired) electrons. The fraction of sp³-hybridized carbons (Fsp3) is 0.294. The van der Waals surface area contributed by atoms with Crippen LogP contribution in [0, 0.1) is 19.7 Å². The van der Waals surface area contributed by atoms with Crippen molar-refractivity contribution in [3.05, 3.63) is 53.3 Å². The van der Waals surface area contributed by atoms with E-state index in [4.69, 9.17) is 10.5 Å². The summed E-state index contributed by atoms with van der Waals surface area (Å²) in [6.07, 6.45) is 0.906. The Morgan fingerprint density at radius 2 is 1.81 bits per heavy atom. The second-order valence-corrected chi connectivity index (χ2v) is 6.23. The van der Waals surface area contributed by atoms with Gasteiger partial charge in [0.15, 0.2) is 0 Å². The minimum atomic E-state index is -0.355. The lowest BCUT2D eigenvalue weighted by Gasteiger charge is -2.08. The van der Waals surface area contributed by atoms with Gasteiger partial charge in [-0.3, -0.25) is 0 Å². The van der Waals surface area contributed by atoms with Gasteiger partial charge in [-0.05, 0) is 61.7 Å². The molecule has 2 aromatic rings. The number of thioether (sulfide) groups is 1. The molecule has 0 fully saturated rings. The second kappa shape index (κ2) is 7.36. The van der Waals surface area contributed by atoms with Crippen LogP contribution in [0.3, 0.4) is 0 Å². The predicted molar refractivity (Wildman–Crippen MR) is 87.6 cm³/mol. The van der Waals surface area contributed by atoms with E-state index in [9.17, 15) is 4.39 Å². The Hall–Kier alpha value is -1.68. The smallest absolute Gasteiger partial charge is 0.147 e. The Morgan fingerprint density at radius 3 is 2.48 bits per heavy atom. The van der Waals surface area contributed by atoms with Crippen molar-refractivity contribution in [2.45, 2.75) is 25.2 Å². The van der Waals surface area contributed by atoms with Crippen molar-refractivity contribution in [1.82, 2.24) is 0 Å². The Labute approximate surface area is 129 Å². The van der Waals surface area contributed by atoms with Crippen molar-refractivity contribution < 1.29 is 9.13 Å². The van der Waals surface area contributed by atoms with Gasteiger partial charge in [0, 0.05) is 10.6 Å². The lowest BCUT2D eigenvalue weighted by molar-refractivity contribution is 0.318. The van der Waals surface area contributed by atoms with Gasteiger partial charge in [-0.1, -0.05) is 6.07 Å². The number of nitrogen functional groups attached to an aromatic ring is 1. The summed E-state index contributed by atoms with van der Waals surface area (Å²) in [5.41, 5.74) is 8.05. The van der Waals surface area contributed by atoms with Crippen LogP contribution in [0.1, 0.15) is 17.5 Å². The maximum Gasteiger partial charge on any atom is 0.147 e. The molecule has 4 heteroatoms. The highest BCUT2D eigenvalue weighted by Gasteiger charge is 2.01. The molecule has 2 N–H and O–H groups in total. The Morgan fingerprint density at radius 1 is 1.10 bits per heavy atom. The van der Waals surface area contributed by atoms with Crippen molar-refractivity contribution >= 4 is 17.4 Å². The molecule has 0 heterocycles. The molecule has 0 saturated heterocycles. The van der Waals surface area contributed by atoms with E-state index < -0.39 is 0 Å². The molecule has 0 aliphatic rings. The number of halogens is 1. The van der Waals surface area contributed by atoms with Gasteiger partial charge in [0.05, 0.1) is 12.3 Å². The molecule has 0 unspecified atom stereocenters. The van der Waals surface area contributed by atoms with E-state index in [-0.39, 0.29) is 11.5 Å². The summed E-state index contributed by atoms with van der Waals surface area (Å²) in [6.45, 7) is 4.78. The first kappa shape index (κ1) is 15.7. The molecule has 2 aromatic carbocycles. The molecule has 0 spiro atoms. The van der Waals surface area contributed by atoms with E-state index in [1.165, 1.54) is 17.2 Å². The van der Waals surface area contributed by atoms with Crippen LogP contribution in [0.2, 0.25) is 0 Å². The lowest BCUT2D eigenvalue weighted by Crippen LogP contribution is -1.99. The summed E-state index contributed by atoms with van der Waals surface area (Å²) in [6, 6.07) is 11.1. The average molecular weight is 305 g/mol. The van der Waals surface area contributed by atoms with Crippen LogP contribution >= 0.6 is 11.8 Å². The molecule has 2 nitrogen and oxygen atoms in total. The van der Waals surface area contributed by atoms with E-state index in [1.54, 1.807) is 17.8 Å². The molecule has 0 aromatic heterocycles. The number of anilines is 1. The number of nitrogens with two attached hydrogens (primary N) is 1. The number of hydrogen-bond donors (Lipinski definition) is 1. The zero-order valence-corrected chi connectivity index (χ0v) is 13.2. The number of rotatable bonds is 6. The highest BCUT2D eigenvalue weighted by Crippen LogP contribution is 2.23. The molecular formula is C17H20FNOS. The first-order valence-corrected chi connectivity index (χ1v) is 7.92. The van der Waals surface area contributed by atoms with Crippen LogP contribution in [0.25, 0.3) is 0 Å². The van der Waals surface area contributed by atoms with E-state index in [0.717, 1.165) is 22.8 Å². The zero-order valence-electron chi connectivity index (χ0n) is 12.4. The van der Waals surface area contributed by atoms with Crippen LogP contribution in [-0.4, -0.2) is 12.4 Å². The Kier molecular flexibility index (Phi) is 5.51. The van der Waals surface area contributed by atoms with E-state index >= 15 is 0 Å². The maximum absolute atomic E-state index is 13.3. The fourth-order valence-electron chi connectivity index (χ4n) is 2.05. The van der Waals surface area contributed by atoms with Crippen LogP contribution in [0.4, 0.5) is 10.1 Å². The van der Waals surface area contributed by atoms with Gasteiger partial charge in [-0.25, -0.2) is 4.39 Å². The Balaban J connectivity index is 1.73. The fourth-order valence-corrected chi connectivity index (χ4v) is 2.90. The van der Waals surface area contributed by atoms with Crippen LogP contribution in [0.5, 0.6) is 5.75 Å². The first-order valence-electron chi connectivity index (χ1n) is 6.93. The maximum atomic E-state index is 13.3. The minimum absolute atomic E-state index is 0.192. The lowest BCUT2D eigenvalue weighted by atomic mass is 10.1. The molecule has 0 saturated carbocycles. The van der Waals surface area contributed by atoms with Gasteiger partial charge < -0.3 is 10.5 Å². The Bertz CT molecular complexity index is 595. The standard InChI is InChI=1S/C17H20FNOS/c1-12-8-13(2)10-14(9-12)20-6-3-7-21-15-4-5-17(19)16(18)11-15/h4-5,8-11H,3,6-7,19H2,1-2H3. The third-order valence-corrected chi connectivity index (χ3v) is 4.07. The van der Waals surface area contributed by atoms with Gasteiger partial charge in [0.2, 0.25) is 0 Å². The summed E-state index contributed by atoms with van der Waals surface area (Å²) in [7, 11) is 0. The molecule has 0 aliphatic carbocycles. The largest absolute Gasteiger partial charge is 0.494 e. The highest BCUT2D eigenvalue weighted by atomic mass is 32.2. The summed E-state index contributed by atoms with van der Waals surface area (Å²) in [5, 5.41) is 0. The van der Waals surface area contributed by atoms with Gasteiger partial charge in [-0.15, -0.1) is 11.8 Å². The molecule has 0 bridgehead atoms. The third-order valence-electron chi connectivity index (χ3n) is 2.99. The number of benzene rings is 2. The van der Waals surface area contributed by atoms with Crippen LogP contribution in [-0.2, 0) is 0 Å². The number of hydrogen-bond acceptors (Lipinski definition) is 3. The SMILES string of the molecule is Cc1cc(C)cc(OCCCSc2ccc(N)c(F)c2)c1. The molecule has 112 valence electrons. The van der Waals surface area contributed by atoms with Gasteiger partial charge in [-0.2, -0.15) is 0 Å². The van der Waals surface area contributed by atoms with E-state index in [2.05, 4.69) is 19.9 Å². The first-order chi connectivity index (χ1) is 10.0. The minimum Gasteiger partial charge on any atom is -0.494 e. The monoisotopic (exact) mass is 305 g/mol. The predicted octanol–water partition coefficient (Wildman–Crippen LogP) is 4.59. The molecule has 0 aliphatic heterocycles. The van der Waals surface area contributed by atoms with Crippen molar-refractivity contribution in [2.75, 3.05) is 18.1 Å². The second-order valence-electron chi connectivity index (χ2n) is 5.06. The quantitative estimate of drug-likeness (QED) is 0.482. The van der Waals surface area contributed by atoms with Crippen molar-refractivity contribution in [3.8, 4) is 5.75 Å². The zero-order chi connectivity index (χ0) is 15.2. The number of ether oxygens (including phenoxy) is 1.